The van der Waals surface area contributed by atoms with Gasteiger partial charge in [-0.3, -0.25) is 9.59 Å². The molecule has 0 bridgehead atoms. The van der Waals surface area contributed by atoms with Crippen molar-refractivity contribution < 1.29 is 19.1 Å². The van der Waals surface area contributed by atoms with Crippen LogP contribution in [0.1, 0.15) is 23.7 Å². The van der Waals surface area contributed by atoms with Gasteiger partial charge >= 0.3 is 0 Å². The minimum absolute atomic E-state index is 0.191. The van der Waals surface area contributed by atoms with E-state index in [-0.39, 0.29) is 16.5 Å². The number of carbonyl (C=O) groups is 2. The van der Waals surface area contributed by atoms with Crippen molar-refractivity contribution >= 4 is 23.8 Å². The number of carbonyl (C=O) groups excluding carboxylic acids is 2. The summed E-state index contributed by atoms with van der Waals surface area (Å²) in [6.07, 6.45) is 0.256. The maximum atomic E-state index is 11.1. The number of amides is 1. The average Bonchev–Trinajstić information content (AvgIpc) is 2.35. The predicted octanol–water partition coefficient (Wildman–Crippen LogP) is 1.80. The summed E-state index contributed by atoms with van der Waals surface area (Å²) >= 11 is 5.98. The molecule has 0 aliphatic heterocycles. The van der Waals surface area contributed by atoms with Crippen LogP contribution in [0.3, 0.4) is 0 Å². The summed E-state index contributed by atoms with van der Waals surface area (Å²) in [4.78, 5) is 21.8. The van der Waals surface area contributed by atoms with Crippen LogP contribution >= 0.6 is 11.6 Å². The summed E-state index contributed by atoms with van der Waals surface area (Å²) in [6.45, 7) is 1.76. The molecular weight excluding hydrogens is 258 g/mol. The van der Waals surface area contributed by atoms with Crippen LogP contribution in [0.15, 0.2) is 12.1 Å². The van der Waals surface area contributed by atoms with Crippen molar-refractivity contribution in [1.82, 2.24) is 0 Å². The fourth-order valence-electron chi connectivity index (χ4n) is 1.41. The molecule has 5 nitrogen and oxygen atoms in total. The van der Waals surface area contributed by atoms with Gasteiger partial charge in [-0.15, -0.1) is 0 Å². The second-order valence-corrected chi connectivity index (χ2v) is 3.98. The first-order valence-electron chi connectivity index (χ1n) is 5.32. The summed E-state index contributed by atoms with van der Waals surface area (Å²) in [5, 5.41) is 0.191. The fraction of sp³-hybridized carbons (Fsp3) is 0.333. The minimum Gasteiger partial charge on any atom is -0.493 e. The van der Waals surface area contributed by atoms with Gasteiger partial charge in [-0.25, -0.2) is 0 Å². The predicted molar refractivity (Wildman–Crippen MR) is 67.3 cm³/mol. The molecule has 0 aliphatic carbocycles. The molecule has 1 aromatic rings. The highest BCUT2D eigenvalue weighted by atomic mass is 35.5. The van der Waals surface area contributed by atoms with E-state index in [4.69, 9.17) is 26.8 Å². The molecule has 0 spiro atoms. The third kappa shape index (κ3) is 3.13. The zero-order valence-corrected chi connectivity index (χ0v) is 10.9. The van der Waals surface area contributed by atoms with E-state index in [1.165, 1.54) is 19.2 Å². The van der Waals surface area contributed by atoms with E-state index < -0.39 is 12.0 Å². The molecule has 1 atom stereocenters. The van der Waals surface area contributed by atoms with E-state index in [0.717, 1.165) is 0 Å². The fourth-order valence-corrected chi connectivity index (χ4v) is 1.67. The number of rotatable bonds is 6. The van der Waals surface area contributed by atoms with Crippen LogP contribution in [0.2, 0.25) is 5.02 Å². The molecule has 0 fully saturated rings. The molecule has 0 saturated heterocycles. The summed E-state index contributed by atoms with van der Waals surface area (Å²) in [5.74, 6) is -0.102. The molecule has 6 heteroatoms. The number of halogens is 1. The van der Waals surface area contributed by atoms with Crippen molar-refractivity contribution in [2.75, 3.05) is 7.11 Å². The van der Waals surface area contributed by atoms with Gasteiger partial charge in [-0.1, -0.05) is 18.5 Å². The van der Waals surface area contributed by atoms with E-state index in [9.17, 15) is 9.59 Å². The van der Waals surface area contributed by atoms with Gasteiger partial charge in [0.25, 0.3) is 5.91 Å². The molecule has 0 radical (unpaired) electrons. The highest BCUT2D eigenvalue weighted by Crippen LogP contribution is 2.36. The van der Waals surface area contributed by atoms with Crippen molar-refractivity contribution in [3.8, 4) is 11.5 Å². The Morgan fingerprint density at radius 1 is 1.56 bits per heavy atom. The van der Waals surface area contributed by atoms with Gasteiger partial charge in [0.2, 0.25) is 0 Å². The first kappa shape index (κ1) is 14.3. The Labute approximate surface area is 110 Å². The van der Waals surface area contributed by atoms with Crippen molar-refractivity contribution in [2.45, 2.75) is 19.4 Å². The number of ether oxygens (including phenoxy) is 2. The van der Waals surface area contributed by atoms with Crippen LogP contribution in [0.5, 0.6) is 11.5 Å². The zero-order chi connectivity index (χ0) is 13.7. The van der Waals surface area contributed by atoms with Crippen molar-refractivity contribution in [3.05, 3.63) is 22.7 Å². The van der Waals surface area contributed by atoms with Gasteiger partial charge in [0, 0.05) is 5.56 Å². The maximum absolute atomic E-state index is 11.1. The topological polar surface area (TPSA) is 78.6 Å². The quantitative estimate of drug-likeness (QED) is 0.800. The van der Waals surface area contributed by atoms with Crippen LogP contribution in [0.4, 0.5) is 0 Å². The molecule has 0 aliphatic rings. The lowest BCUT2D eigenvalue weighted by molar-refractivity contribution is -0.124. The Balaban J connectivity index is 3.14. The van der Waals surface area contributed by atoms with Gasteiger partial charge < -0.3 is 15.2 Å². The Bertz CT molecular complexity index is 462. The molecule has 0 saturated carbocycles. The number of aldehydes is 1. The van der Waals surface area contributed by atoms with Crippen LogP contribution in [0.25, 0.3) is 0 Å². The van der Waals surface area contributed by atoms with Gasteiger partial charge in [-0.2, -0.15) is 0 Å². The summed E-state index contributed by atoms with van der Waals surface area (Å²) in [7, 11) is 1.42. The molecule has 0 heterocycles. The number of hydrogen-bond acceptors (Lipinski definition) is 4. The van der Waals surface area contributed by atoms with E-state index in [1.54, 1.807) is 6.92 Å². The van der Waals surface area contributed by atoms with Crippen LogP contribution in [-0.2, 0) is 4.79 Å². The Morgan fingerprint density at radius 3 is 2.67 bits per heavy atom. The average molecular weight is 272 g/mol. The van der Waals surface area contributed by atoms with Crippen molar-refractivity contribution in [2.24, 2.45) is 5.73 Å². The SMILES string of the molecule is CCC(Oc1c(Cl)cc(C=O)cc1OC)C(N)=O. The third-order valence-electron chi connectivity index (χ3n) is 2.34. The number of benzene rings is 1. The van der Waals surface area contributed by atoms with Crippen LogP contribution in [-0.4, -0.2) is 25.4 Å². The molecule has 0 aromatic heterocycles. The lowest BCUT2D eigenvalue weighted by Gasteiger charge is -2.17. The number of methoxy groups -OCH3 is 1. The molecule has 1 amide bonds. The summed E-state index contributed by atoms with van der Waals surface area (Å²) < 4.78 is 10.5. The van der Waals surface area contributed by atoms with Gasteiger partial charge in [0.1, 0.15) is 6.29 Å². The largest absolute Gasteiger partial charge is 0.493 e. The first-order valence-corrected chi connectivity index (χ1v) is 5.70. The lowest BCUT2D eigenvalue weighted by Crippen LogP contribution is -2.33. The van der Waals surface area contributed by atoms with E-state index >= 15 is 0 Å². The molecular formula is C12H14ClNO4. The van der Waals surface area contributed by atoms with E-state index in [0.29, 0.717) is 18.3 Å². The first-order chi connectivity index (χ1) is 8.53. The molecule has 1 rings (SSSR count). The molecule has 98 valence electrons. The lowest BCUT2D eigenvalue weighted by atomic mass is 10.2. The number of nitrogens with two attached hydrogens (primary N) is 1. The van der Waals surface area contributed by atoms with Crippen molar-refractivity contribution in [1.29, 1.82) is 0 Å². The third-order valence-corrected chi connectivity index (χ3v) is 2.62. The Kier molecular flexibility index (Phi) is 4.97. The van der Waals surface area contributed by atoms with Crippen LogP contribution in [0, 0.1) is 0 Å². The molecule has 2 N–H and O–H groups in total. The molecule has 18 heavy (non-hydrogen) atoms. The number of hydrogen-bond donors (Lipinski definition) is 1. The minimum atomic E-state index is -0.793. The number of primary amides is 1. The van der Waals surface area contributed by atoms with Gasteiger partial charge in [0.15, 0.2) is 17.6 Å². The monoisotopic (exact) mass is 271 g/mol. The van der Waals surface area contributed by atoms with Crippen LogP contribution < -0.4 is 15.2 Å². The summed E-state index contributed by atoms with van der Waals surface area (Å²) in [5.41, 5.74) is 5.55. The summed E-state index contributed by atoms with van der Waals surface area (Å²) in [6, 6.07) is 2.90. The Hall–Kier alpha value is -1.75. The normalized spacial score (nSPS) is 11.7. The highest BCUT2D eigenvalue weighted by molar-refractivity contribution is 6.32. The molecule has 1 unspecified atom stereocenters. The van der Waals surface area contributed by atoms with Crippen molar-refractivity contribution in [3.63, 3.8) is 0 Å². The standard InChI is InChI=1S/C12H14ClNO4/c1-3-9(12(14)16)18-11-8(13)4-7(6-15)5-10(11)17-2/h4-6,9H,3H2,1-2H3,(H2,14,16). The van der Waals surface area contributed by atoms with E-state index in [1.807, 2.05) is 0 Å². The Morgan fingerprint density at radius 2 is 2.22 bits per heavy atom. The van der Waals surface area contributed by atoms with Gasteiger partial charge in [0.05, 0.1) is 12.1 Å². The zero-order valence-electron chi connectivity index (χ0n) is 10.1. The molecule has 1 aromatic carbocycles. The second kappa shape index (κ2) is 6.26. The van der Waals surface area contributed by atoms with E-state index in [2.05, 4.69) is 0 Å². The van der Waals surface area contributed by atoms with Gasteiger partial charge in [-0.05, 0) is 18.6 Å². The smallest absolute Gasteiger partial charge is 0.258 e. The highest BCUT2D eigenvalue weighted by Gasteiger charge is 2.20. The second-order valence-electron chi connectivity index (χ2n) is 3.57. The maximum Gasteiger partial charge on any atom is 0.258 e.